The van der Waals surface area contributed by atoms with Gasteiger partial charge in [-0.2, -0.15) is 18.3 Å². The van der Waals surface area contributed by atoms with Crippen LogP contribution in [0.1, 0.15) is 89.6 Å². The highest BCUT2D eigenvalue weighted by atomic mass is 19.4. The van der Waals surface area contributed by atoms with Gasteiger partial charge in [0.05, 0.1) is 11.3 Å². The minimum atomic E-state index is -4.48. The van der Waals surface area contributed by atoms with E-state index in [1.54, 1.807) is 12.1 Å². The van der Waals surface area contributed by atoms with Crippen molar-refractivity contribution >= 4 is 28.4 Å². The summed E-state index contributed by atoms with van der Waals surface area (Å²) in [5, 5.41) is 11.0. The number of fused-ring (bicyclic) bond motifs is 1. The average Bonchev–Trinajstić information content (AvgIpc) is 3.28. The predicted octanol–water partition coefficient (Wildman–Crippen LogP) is 10.2. The van der Waals surface area contributed by atoms with Crippen molar-refractivity contribution in [3.8, 4) is 11.1 Å². The molecular weight excluding hydrogens is 539 g/mol. The number of carbonyl (C=O) groups is 1. The Morgan fingerprint density at radius 3 is 2.24 bits per heavy atom. The standard InChI is InChI=1S/C31H36F3N5O.C2H6/c1-5-6-7-8-9-17-39-29-28(21(4)38-39)26(19-27(37-29)20(2)3)22-13-15-24(16-14-22)35-30(40)36-25-12-10-11-23(18-25)31(32,33)34;1-2/h10-16,18-20H,5-9,17H2,1-4H3,(H2,35,36,40);1-2H3. The highest BCUT2D eigenvalue weighted by Gasteiger charge is 2.30. The van der Waals surface area contributed by atoms with Gasteiger partial charge in [0.15, 0.2) is 5.65 Å². The topological polar surface area (TPSA) is 71.8 Å². The van der Waals surface area contributed by atoms with Crippen molar-refractivity contribution in [3.05, 3.63) is 71.5 Å². The van der Waals surface area contributed by atoms with E-state index in [0.29, 0.717) is 5.69 Å². The quantitative estimate of drug-likeness (QED) is 0.183. The Morgan fingerprint density at radius 1 is 0.929 bits per heavy atom. The second-order valence-electron chi connectivity index (χ2n) is 10.4. The zero-order chi connectivity index (χ0) is 30.9. The van der Waals surface area contributed by atoms with Gasteiger partial charge in [-0.1, -0.05) is 78.5 Å². The van der Waals surface area contributed by atoms with Crippen LogP contribution in [0.15, 0.2) is 54.6 Å². The normalized spacial score (nSPS) is 11.4. The molecule has 0 aliphatic rings. The van der Waals surface area contributed by atoms with E-state index in [2.05, 4.69) is 37.5 Å². The summed E-state index contributed by atoms with van der Waals surface area (Å²) in [4.78, 5) is 17.4. The van der Waals surface area contributed by atoms with Crippen LogP contribution in [-0.2, 0) is 12.7 Å². The van der Waals surface area contributed by atoms with Gasteiger partial charge in [-0.25, -0.2) is 14.5 Å². The Morgan fingerprint density at radius 2 is 1.60 bits per heavy atom. The number of hydrogen-bond acceptors (Lipinski definition) is 3. The van der Waals surface area contributed by atoms with E-state index in [9.17, 15) is 18.0 Å². The Hall–Kier alpha value is -3.88. The summed E-state index contributed by atoms with van der Waals surface area (Å²) >= 11 is 0. The Labute approximate surface area is 246 Å². The Kier molecular flexibility index (Phi) is 11.5. The van der Waals surface area contributed by atoms with Crippen molar-refractivity contribution in [1.29, 1.82) is 0 Å². The molecule has 6 nitrogen and oxygen atoms in total. The molecule has 226 valence electrons. The number of aryl methyl sites for hydroxylation is 2. The fraction of sp³-hybridized carbons (Fsp3) is 0.424. The molecule has 0 saturated carbocycles. The number of rotatable bonds is 10. The molecule has 0 atom stereocenters. The van der Waals surface area contributed by atoms with Crippen LogP contribution < -0.4 is 10.6 Å². The third-order valence-corrected chi connectivity index (χ3v) is 6.86. The number of nitrogens with one attached hydrogen (secondary N) is 2. The molecule has 2 amide bonds. The molecule has 2 aromatic carbocycles. The molecule has 0 aliphatic carbocycles. The van der Waals surface area contributed by atoms with Gasteiger partial charge < -0.3 is 10.6 Å². The molecule has 0 spiro atoms. The van der Waals surface area contributed by atoms with E-state index in [1.165, 1.54) is 37.8 Å². The number of nitrogens with zero attached hydrogens (tertiary/aromatic N) is 3. The van der Waals surface area contributed by atoms with E-state index in [0.717, 1.165) is 58.6 Å². The first kappa shape index (κ1) is 32.6. The van der Waals surface area contributed by atoms with E-state index in [1.807, 2.05) is 37.6 Å². The molecule has 0 bridgehead atoms. The zero-order valence-electron chi connectivity index (χ0n) is 25.4. The van der Waals surface area contributed by atoms with Crippen LogP contribution in [0.4, 0.5) is 29.3 Å². The lowest BCUT2D eigenvalue weighted by Crippen LogP contribution is -2.19. The number of carbonyl (C=O) groups excluding carboxylic acids is 1. The number of hydrogen-bond donors (Lipinski definition) is 2. The Bertz CT molecular complexity index is 1460. The predicted molar refractivity (Wildman–Crippen MR) is 166 cm³/mol. The first-order valence-corrected chi connectivity index (χ1v) is 14.8. The molecule has 0 fully saturated rings. The maximum atomic E-state index is 13.0. The summed E-state index contributed by atoms with van der Waals surface area (Å²) in [6, 6.07) is 13.4. The first-order chi connectivity index (χ1) is 20.1. The first-order valence-electron chi connectivity index (χ1n) is 14.8. The van der Waals surface area contributed by atoms with Crippen LogP contribution in [0.2, 0.25) is 0 Å². The van der Waals surface area contributed by atoms with Crippen LogP contribution >= 0.6 is 0 Å². The highest BCUT2D eigenvalue weighted by Crippen LogP contribution is 2.34. The second-order valence-corrected chi connectivity index (χ2v) is 10.4. The van der Waals surface area contributed by atoms with Gasteiger partial charge in [0.1, 0.15) is 0 Å². The van der Waals surface area contributed by atoms with E-state index < -0.39 is 17.8 Å². The lowest BCUT2D eigenvalue weighted by atomic mass is 9.98. The number of halogens is 3. The van der Waals surface area contributed by atoms with Crippen LogP contribution in [0, 0.1) is 6.92 Å². The van der Waals surface area contributed by atoms with Gasteiger partial charge in [-0.05, 0) is 66.8 Å². The smallest absolute Gasteiger partial charge is 0.308 e. The van der Waals surface area contributed by atoms with E-state index in [-0.39, 0.29) is 11.6 Å². The van der Waals surface area contributed by atoms with E-state index >= 15 is 0 Å². The molecule has 0 saturated heterocycles. The zero-order valence-corrected chi connectivity index (χ0v) is 25.4. The number of aromatic nitrogens is 3. The summed E-state index contributed by atoms with van der Waals surface area (Å²) in [5.74, 6) is 0.233. The molecular formula is C33H42F3N5O. The maximum Gasteiger partial charge on any atom is 0.416 e. The van der Waals surface area contributed by atoms with Gasteiger partial charge >= 0.3 is 12.2 Å². The number of benzene rings is 2. The lowest BCUT2D eigenvalue weighted by Gasteiger charge is -2.13. The van der Waals surface area contributed by atoms with Gasteiger partial charge in [-0.15, -0.1) is 0 Å². The van der Waals surface area contributed by atoms with Crippen molar-refractivity contribution in [3.63, 3.8) is 0 Å². The third-order valence-electron chi connectivity index (χ3n) is 6.86. The van der Waals surface area contributed by atoms with Crippen molar-refractivity contribution in [1.82, 2.24) is 14.8 Å². The lowest BCUT2D eigenvalue weighted by molar-refractivity contribution is -0.137. The van der Waals surface area contributed by atoms with Crippen molar-refractivity contribution in [2.75, 3.05) is 10.6 Å². The second kappa shape index (κ2) is 14.8. The van der Waals surface area contributed by atoms with Crippen LogP contribution in [0.25, 0.3) is 22.2 Å². The summed E-state index contributed by atoms with van der Waals surface area (Å²) < 4.78 is 41.0. The van der Waals surface area contributed by atoms with Crippen LogP contribution in [-0.4, -0.2) is 20.8 Å². The number of amides is 2. The summed E-state index contributed by atoms with van der Waals surface area (Å²) in [5.41, 5.74) is 4.53. The molecule has 2 aromatic heterocycles. The summed E-state index contributed by atoms with van der Waals surface area (Å²) in [6.07, 6.45) is 1.42. The molecule has 4 rings (SSSR count). The average molecular weight is 582 g/mol. The highest BCUT2D eigenvalue weighted by molar-refractivity contribution is 6.00. The third kappa shape index (κ3) is 8.33. The van der Waals surface area contributed by atoms with Gasteiger partial charge in [0.2, 0.25) is 0 Å². The fourth-order valence-electron chi connectivity index (χ4n) is 4.72. The van der Waals surface area contributed by atoms with Crippen molar-refractivity contribution < 1.29 is 18.0 Å². The molecule has 2 N–H and O–H groups in total. The van der Waals surface area contributed by atoms with Crippen LogP contribution in [0.3, 0.4) is 0 Å². The number of alkyl halides is 3. The van der Waals surface area contributed by atoms with Gasteiger partial charge in [0, 0.05) is 29.0 Å². The molecule has 2 heterocycles. The van der Waals surface area contributed by atoms with Crippen LogP contribution in [0.5, 0.6) is 0 Å². The van der Waals surface area contributed by atoms with E-state index in [4.69, 9.17) is 10.1 Å². The Balaban J connectivity index is 0.00000237. The molecule has 4 aromatic rings. The minimum Gasteiger partial charge on any atom is -0.308 e. The largest absolute Gasteiger partial charge is 0.416 e. The maximum absolute atomic E-state index is 13.0. The molecule has 9 heteroatoms. The number of unbranched alkanes of at least 4 members (excludes halogenated alkanes) is 4. The molecule has 0 radical (unpaired) electrons. The molecule has 0 unspecified atom stereocenters. The molecule has 42 heavy (non-hydrogen) atoms. The summed E-state index contributed by atoms with van der Waals surface area (Å²) in [6.45, 7) is 13.3. The van der Waals surface area contributed by atoms with Gasteiger partial charge in [0.25, 0.3) is 0 Å². The van der Waals surface area contributed by atoms with Crippen molar-refractivity contribution in [2.45, 2.75) is 92.3 Å². The molecule has 0 aliphatic heterocycles. The SMILES string of the molecule is CC.CCCCCCCn1nc(C)c2c(-c3ccc(NC(=O)Nc4cccc(C(F)(F)F)c4)cc3)cc(C(C)C)nc21. The van der Waals surface area contributed by atoms with Gasteiger partial charge in [-0.3, -0.25) is 0 Å². The number of anilines is 2. The number of pyridine rings is 1. The minimum absolute atomic E-state index is 0.0576. The van der Waals surface area contributed by atoms with Crippen molar-refractivity contribution in [2.24, 2.45) is 0 Å². The summed E-state index contributed by atoms with van der Waals surface area (Å²) in [7, 11) is 0. The fourth-order valence-corrected chi connectivity index (χ4v) is 4.72. The number of urea groups is 1. The monoisotopic (exact) mass is 581 g/mol.